The highest BCUT2D eigenvalue weighted by Gasteiger charge is 2.10. The molecule has 0 aliphatic carbocycles. The number of hydrogen-bond acceptors (Lipinski definition) is 2. The van der Waals surface area contributed by atoms with Crippen LogP contribution in [0.5, 0.6) is 0 Å². The highest BCUT2D eigenvalue weighted by atomic mass is 35.5. The molecule has 0 fully saturated rings. The smallest absolute Gasteiger partial charge is 0.354 e. The highest BCUT2D eigenvalue weighted by molar-refractivity contribution is 6.42. The Kier molecular flexibility index (Phi) is 3.55. The van der Waals surface area contributed by atoms with Crippen LogP contribution in [0, 0.1) is 6.92 Å². The topological polar surface area (TPSA) is 50.2 Å². The highest BCUT2D eigenvalue weighted by Crippen LogP contribution is 2.30. The molecule has 2 aromatic rings. The van der Waals surface area contributed by atoms with Crippen LogP contribution in [0.1, 0.15) is 16.1 Å². The van der Waals surface area contributed by atoms with Gasteiger partial charge in [-0.3, -0.25) is 0 Å². The zero-order valence-corrected chi connectivity index (χ0v) is 11.0. The minimum Gasteiger partial charge on any atom is -0.477 e. The standard InChI is InChI=1S/C13H9Cl2NO2/c1-7-6-16-12(13(17)18)5-9(7)8-2-3-10(14)11(15)4-8/h2-6H,1H3,(H,17,18). The summed E-state index contributed by atoms with van der Waals surface area (Å²) in [7, 11) is 0. The molecule has 0 saturated carbocycles. The predicted molar refractivity (Wildman–Crippen MR) is 71.4 cm³/mol. The third-order valence-electron chi connectivity index (χ3n) is 2.55. The van der Waals surface area contributed by atoms with Crippen molar-refractivity contribution in [1.82, 2.24) is 4.98 Å². The lowest BCUT2D eigenvalue weighted by Gasteiger charge is -2.08. The molecule has 0 aliphatic rings. The van der Waals surface area contributed by atoms with Gasteiger partial charge in [-0.25, -0.2) is 9.78 Å². The maximum absolute atomic E-state index is 10.9. The van der Waals surface area contributed by atoms with Crippen LogP contribution in [0.4, 0.5) is 0 Å². The molecule has 0 amide bonds. The molecule has 1 N–H and O–H groups in total. The first-order chi connectivity index (χ1) is 8.49. The van der Waals surface area contributed by atoms with Crippen molar-refractivity contribution < 1.29 is 9.90 Å². The van der Waals surface area contributed by atoms with E-state index in [0.29, 0.717) is 10.0 Å². The van der Waals surface area contributed by atoms with E-state index in [1.807, 2.05) is 6.92 Å². The third kappa shape index (κ3) is 2.47. The molecule has 18 heavy (non-hydrogen) atoms. The molecule has 1 aromatic heterocycles. The van der Waals surface area contributed by atoms with Crippen molar-refractivity contribution in [2.24, 2.45) is 0 Å². The Balaban J connectivity index is 2.58. The summed E-state index contributed by atoms with van der Waals surface area (Å²) < 4.78 is 0. The molecule has 2 rings (SSSR count). The van der Waals surface area contributed by atoms with E-state index in [0.717, 1.165) is 16.7 Å². The first kappa shape index (κ1) is 12.9. The Morgan fingerprint density at radius 3 is 2.56 bits per heavy atom. The number of nitrogens with zero attached hydrogens (tertiary/aromatic N) is 1. The number of hydrogen-bond donors (Lipinski definition) is 1. The van der Waals surface area contributed by atoms with E-state index in [1.54, 1.807) is 18.2 Å². The normalized spacial score (nSPS) is 10.4. The maximum Gasteiger partial charge on any atom is 0.354 e. The second-order valence-corrected chi connectivity index (χ2v) is 4.63. The molecule has 0 aliphatic heterocycles. The monoisotopic (exact) mass is 281 g/mol. The van der Waals surface area contributed by atoms with Crippen LogP contribution in [0.15, 0.2) is 30.5 Å². The number of halogens is 2. The molecule has 1 heterocycles. The Bertz CT molecular complexity index is 626. The number of carboxylic acids is 1. The Labute approximate surface area is 114 Å². The van der Waals surface area contributed by atoms with E-state index < -0.39 is 5.97 Å². The summed E-state index contributed by atoms with van der Waals surface area (Å²) in [6.45, 7) is 1.86. The van der Waals surface area contributed by atoms with Crippen LogP contribution >= 0.6 is 23.2 Å². The van der Waals surface area contributed by atoms with Gasteiger partial charge in [0, 0.05) is 6.20 Å². The predicted octanol–water partition coefficient (Wildman–Crippen LogP) is 4.06. The molecule has 0 saturated heterocycles. The lowest BCUT2D eigenvalue weighted by atomic mass is 10.0. The second-order valence-electron chi connectivity index (χ2n) is 3.82. The van der Waals surface area contributed by atoms with Crippen molar-refractivity contribution in [3.63, 3.8) is 0 Å². The summed E-state index contributed by atoms with van der Waals surface area (Å²) >= 11 is 11.8. The fourth-order valence-electron chi connectivity index (χ4n) is 1.62. The van der Waals surface area contributed by atoms with Crippen LogP contribution in [0.3, 0.4) is 0 Å². The molecule has 5 heteroatoms. The van der Waals surface area contributed by atoms with Crippen LogP contribution < -0.4 is 0 Å². The summed E-state index contributed by atoms with van der Waals surface area (Å²) in [5.41, 5.74) is 2.47. The SMILES string of the molecule is Cc1cnc(C(=O)O)cc1-c1ccc(Cl)c(Cl)c1. The van der Waals surface area contributed by atoms with Gasteiger partial charge in [-0.2, -0.15) is 0 Å². The molecule has 3 nitrogen and oxygen atoms in total. The summed E-state index contributed by atoms with van der Waals surface area (Å²) in [4.78, 5) is 14.8. The Hall–Kier alpha value is -1.58. The largest absolute Gasteiger partial charge is 0.477 e. The number of aryl methyl sites for hydroxylation is 1. The van der Waals surface area contributed by atoms with E-state index in [-0.39, 0.29) is 5.69 Å². The molecule has 92 valence electrons. The molecule has 1 aromatic carbocycles. The van der Waals surface area contributed by atoms with Gasteiger partial charge in [-0.05, 0) is 41.8 Å². The fourth-order valence-corrected chi connectivity index (χ4v) is 1.91. The first-order valence-corrected chi connectivity index (χ1v) is 5.90. The van der Waals surface area contributed by atoms with Gasteiger partial charge >= 0.3 is 5.97 Å². The molecular weight excluding hydrogens is 273 g/mol. The van der Waals surface area contributed by atoms with Gasteiger partial charge < -0.3 is 5.11 Å². The minimum absolute atomic E-state index is 0.00155. The number of aromatic nitrogens is 1. The van der Waals surface area contributed by atoms with Crippen molar-refractivity contribution in [3.8, 4) is 11.1 Å². The van der Waals surface area contributed by atoms with Gasteiger partial charge in [0.15, 0.2) is 0 Å². The molecule has 0 spiro atoms. The zero-order chi connectivity index (χ0) is 13.3. The molecule has 0 unspecified atom stereocenters. The van der Waals surface area contributed by atoms with Gasteiger partial charge in [0.1, 0.15) is 5.69 Å². The van der Waals surface area contributed by atoms with Gasteiger partial charge in [0.05, 0.1) is 10.0 Å². The van der Waals surface area contributed by atoms with E-state index in [2.05, 4.69) is 4.98 Å². The van der Waals surface area contributed by atoms with E-state index >= 15 is 0 Å². The first-order valence-electron chi connectivity index (χ1n) is 5.14. The van der Waals surface area contributed by atoms with Crippen LogP contribution in [-0.2, 0) is 0 Å². The van der Waals surface area contributed by atoms with Crippen molar-refractivity contribution in [2.75, 3.05) is 0 Å². The Morgan fingerprint density at radius 2 is 1.94 bits per heavy atom. The molecule has 0 radical (unpaired) electrons. The maximum atomic E-state index is 10.9. The number of pyridine rings is 1. The minimum atomic E-state index is -1.06. The molecule has 0 bridgehead atoms. The van der Waals surface area contributed by atoms with Crippen molar-refractivity contribution >= 4 is 29.2 Å². The van der Waals surface area contributed by atoms with Gasteiger partial charge in [0.2, 0.25) is 0 Å². The fraction of sp³-hybridized carbons (Fsp3) is 0.0769. The quantitative estimate of drug-likeness (QED) is 0.903. The summed E-state index contributed by atoms with van der Waals surface area (Å²) in [5.74, 6) is -1.06. The lowest BCUT2D eigenvalue weighted by Crippen LogP contribution is -2.01. The number of rotatable bonds is 2. The van der Waals surface area contributed by atoms with E-state index in [4.69, 9.17) is 28.3 Å². The van der Waals surface area contributed by atoms with Crippen LogP contribution in [0.2, 0.25) is 10.0 Å². The van der Waals surface area contributed by atoms with Crippen LogP contribution in [0.25, 0.3) is 11.1 Å². The second kappa shape index (κ2) is 4.96. The van der Waals surface area contributed by atoms with Crippen molar-refractivity contribution in [2.45, 2.75) is 6.92 Å². The average Bonchev–Trinajstić information content (AvgIpc) is 2.33. The summed E-state index contributed by atoms with van der Waals surface area (Å²) in [5, 5.41) is 9.83. The average molecular weight is 282 g/mol. The van der Waals surface area contributed by atoms with E-state index in [9.17, 15) is 4.79 Å². The van der Waals surface area contributed by atoms with E-state index in [1.165, 1.54) is 12.3 Å². The third-order valence-corrected chi connectivity index (χ3v) is 3.29. The van der Waals surface area contributed by atoms with Crippen molar-refractivity contribution in [3.05, 3.63) is 51.8 Å². The van der Waals surface area contributed by atoms with Crippen LogP contribution in [-0.4, -0.2) is 16.1 Å². The summed E-state index contributed by atoms with van der Waals surface area (Å²) in [6, 6.07) is 6.71. The number of benzene rings is 1. The molecule has 0 atom stereocenters. The molecular formula is C13H9Cl2NO2. The van der Waals surface area contributed by atoms with Crippen molar-refractivity contribution in [1.29, 1.82) is 0 Å². The van der Waals surface area contributed by atoms with Gasteiger partial charge in [-0.1, -0.05) is 29.3 Å². The number of aromatic carboxylic acids is 1. The van der Waals surface area contributed by atoms with Gasteiger partial charge in [0.25, 0.3) is 0 Å². The Morgan fingerprint density at radius 1 is 1.22 bits per heavy atom. The van der Waals surface area contributed by atoms with Gasteiger partial charge in [-0.15, -0.1) is 0 Å². The summed E-state index contributed by atoms with van der Waals surface area (Å²) in [6.07, 6.45) is 1.53. The zero-order valence-electron chi connectivity index (χ0n) is 9.45. The number of carbonyl (C=O) groups is 1. The lowest BCUT2D eigenvalue weighted by molar-refractivity contribution is 0.0690. The number of carboxylic acid groups (broad SMARTS) is 1.